The Labute approximate surface area is 123 Å². The number of nitrogens with zero attached hydrogens (tertiary/aromatic N) is 2. The quantitative estimate of drug-likeness (QED) is 0.841. The van der Waals surface area contributed by atoms with Crippen LogP contribution in [-0.4, -0.2) is 27.0 Å². The lowest BCUT2D eigenvalue weighted by molar-refractivity contribution is -0.0203. The summed E-state index contributed by atoms with van der Waals surface area (Å²) in [7, 11) is 0. The Morgan fingerprint density at radius 1 is 1.24 bits per heavy atom. The second kappa shape index (κ2) is 5.73. The summed E-state index contributed by atoms with van der Waals surface area (Å²) in [6, 6.07) is 4.34. The molecule has 6 nitrogen and oxygen atoms in total. The smallest absolute Gasteiger partial charge is 0.258 e. The minimum Gasteiger partial charge on any atom is -0.504 e. The van der Waals surface area contributed by atoms with Gasteiger partial charge in [-0.3, -0.25) is 0 Å². The molecule has 0 aliphatic rings. The summed E-state index contributed by atoms with van der Waals surface area (Å²) in [5, 5.41) is 22.8. The highest BCUT2D eigenvalue weighted by Crippen LogP contribution is 2.36. The molecule has 1 aromatic carbocycles. The van der Waals surface area contributed by atoms with Gasteiger partial charge in [-0.2, -0.15) is 4.98 Å². The normalized spacial score (nSPS) is 13.3. The van der Waals surface area contributed by atoms with E-state index in [4.69, 9.17) is 9.26 Å². The van der Waals surface area contributed by atoms with Crippen LogP contribution in [0.4, 0.5) is 0 Å². The lowest BCUT2D eigenvalue weighted by Gasteiger charge is -2.27. The molecule has 0 spiro atoms. The van der Waals surface area contributed by atoms with Crippen LogP contribution in [0.3, 0.4) is 0 Å². The van der Waals surface area contributed by atoms with E-state index in [1.54, 1.807) is 6.07 Å². The Morgan fingerprint density at radius 3 is 2.52 bits per heavy atom. The second-order valence-corrected chi connectivity index (χ2v) is 5.86. The Balaban J connectivity index is 2.33. The Kier molecular flexibility index (Phi) is 4.18. The summed E-state index contributed by atoms with van der Waals surface area (Å²) in [5.74, 6) is 0.311. The molecule has 2 N–H and O–H groups in total. The van der Waals surface area contributed by atoms with Gasteiger partial charge in [-0.05, 0) is 30.5 Å². The average molecular weight is 292 g/mol. The average Bonchev–Trinajstić information content (AvgIpc) is 2.87. The first-order chi connectivity index (χ1) is 9.82. The fourth-order valence-electron chi connectivity index (χ4n) is 1.99. The molecule has 0 bridgehead atoms. The van der Waals surface area contributed by atoms with Gasteiger partial charge in [-0.1, -0.05) is 25.9 Å². The minimum absolute atomic E-state index is 0.172. The van der Waals surface area contributed by atoms with E-state index >= 15 is 0 Å². The summed E-state index contributed by atoms with van der Waals surface area (Å²) in [6.45, 7) is 8.57. The van der Waals surface area contributed by atoms with Crippen molar-refractivity contribution in [3.63, 3.8) is 0 Å². The molecule has 1 atom stereocenters. The maximum Gasteiger partial charge on any atom is 0.258 e. The van der Waals surface area contributed by atoms with Crippen molar-refractivity contribution in [2.24, 2.45) is 5.41 Å². The third kappa shape index (κ3) is 3.33. The van der Waals surface area contributed by atoms with Crippen molar-refractivity contribution in [3.05, 3.63) is 24.0 Å². The molecular weight excluding hydrogens is 272 g/mol. The number of benzene rings is 1. The minimum atomic E-state index is -0.286. The van der Waals surface area contributed by atoms with Crippen molar-refractivity contribution < 1.29 is 19.5 Å². The first-order valence-electron chi connectivity index (χ1n) is 6.80. The molecule has 0 aliphatic heterocycles. The van der Waals surface area contributed by atoms with Gasteiger partial charge in [-0.15, -0.1) is 0 Å². The Hall–Kier alpha value is -2.08. The summed E-state index contributed by atoms with van der Waals surface area (Å²) in [4.78, 5) is 4.34. The predicted molar refractivity (Wildman–Crippen MR) is 76.9 cm³/mol. The molecule has 0 amide bonds. The molecule has 6 heteroatoms. The van der Waals surface area contributed by atoms with Gasteiger partial charge < -0.3 is 19.5 Å². The van der Waals surface area contributed by atoms with Crippen molar-refractivity contribution >= 4 is 0 Å². The molecule has 21 heavy (non-hydrogen) atoms. The first-order valence-corrected chi connectivity index (χ1v) is 6.80. The van der Waals surface area contributed by atoms with Crippen molar-refractivity contribution in [1.82, 2.24) is 10.1 Å². The number of hydrogen-bond donors (Lipinski definition) is 2. The number of phenolic OH excluding ortho intramolecular Hbond substituents is 2. The molecular formula is C15H20N2O4. The SMILES string of the molecule is CCOC(c1noc(-c2ccc(O)c(O)c2)n1)C(C)(C)C. The summed E-state index contributed by atoms with van der Waals surface area (Å²) >= 11 is 0. The van der Waals surface area contributed by atoms with Gasteiger partial charge in [0, 0.05) is 12.2 Å². The van der Waals surface area contributed by atoms with E-state index in [1.165, 1.54) is 12.1 Å². The molecule has 0 radical (unpaired) electrons. The van der Waals surface area contributed by atoms with Crippen LogP contribution >= 0.6 is 0 Å². The second-order valence-electron chi connectivity index (χ2n) is 5.86. The number of aromatic hydroxyl groups is 2. The van der Waals surface area contributed by atoms with E-state index in [0.717, 1.165) is 0 Å². The van der Waals surface area contributed by atoms with Crippen LogP contribution in [0.2, 0.25) is 0 Å². The monoisotopic (exact) mass is 292 g/mol. The number of phenols is 2. The van der Waals surface area contributed by atoms with Crippen LogP contribution in [0.15, 0.2) is 22.7 Å². The van der Waals surface area contributed by atoms with Crippen molar-refractivity contribution in [1.29, 1.82) is 0 Å². The van der Waals surface area contributed by atoms with Crippen LogP contribution in [0.5, 0.6) is 11.5 Å². The van der Waals surface area contributed by atoms with E-state index in [2.05, 4.69) is 10.1 Å². The molecule has 114 valence electrons. The van der Waals surface area contributed by atoms with Crippen molar-refractivity contribution in [2.45, 2.75) is 33.8 Å². The fourth-order valence-corrected chi connectivity index (χ4v) is 1.99. The van der Waals surface area contributed by atoms with E-state index in [9.17, 15) is 10.2 Å². The molecule has 2 aromatic rings. The predicted octanol–water partition coefficient (Wildman–Crippen LogP) is 3.27. The zero-order valence-corrected chi connectivity index (χ0v) is 12.6. The van der Waals surface area contributed by atoms with E-state index in [0.29, 0.717) is 18.0 Å². The van der Waals surface area contributed by atoms with Crippen LogP contribution in [0.1, 0.15) is 39.6 Å². The maximum absolute atomic E-state index is 9.53. The Morgan fingerprint density at radius 2 is 1.95 bits per heavy atom. The highest BCUT2D eigenvalue weighted by molar-refractivity contribution is 5.58. The first kappa shape index (κ1) is 15.3. The molecule has 0 aliphatic carbocycles. The molecule has 1 aromatic heterocycles. The zero-order valence-electron chi connectivity index (χ0n) is 12.6. The molecule has 1 unspecified atom stereocenters. The number of hydrogen-bond acceptors (Lipinski definition) is 6. The van der Waals surface area contributed by atoms with E-state index in [1.807, 2.05) is 27.7 Å². The maximum atomic E-state index is 9.53. The van der Waals surface area contributed by atoms with Gasteiger partial charge in [0.15, 0.2) is 11.5 Å². The molecule has 1 heterocycles. The standard InChI is InChI=1S/C15H20N2O4/c1-5-20-12(15(2,3)4)13-16-14(21-17-13)9-6-7-10(18)11(19)8-9/h6-8,12,18-19H,5H2,1-4H3. The van der Waals surface area contributed by atoms with Gasteiger partial charge in [0.1, 0.15) is 6.10 Å². The number of rotatable bonds is 4. The molecule has 0 saturated heterocycles. The van der Waals surface area contributed by atoms with Gasteiger partial charge in [-0.25, -0.2) is 0 Å². The Bertz CT molecular complexity index is 616. The van der Waals surface area contributed by atoms with Crippen LogP contribution in [0, 0.1) is 5.41 Å². The third-order valence-corrected chi connectivity index (χ3v) is 3.02. The van der Waals surface area contributed by atoms with Crippen molar-refractivity contribution in [3.8, 4) is 23.0 Å². The molecule has 0 saturated carbocycles. The van der Waals surface area contributed by atoms with Gasteiger partial charge in [0.25, 0.3) is 5.89 Å². The fraction of sp³-hybridized carbons (Fsp3) is 0.467. The summed E-state index contributed by atoms with van der Waals surface area (Å²) in [6.07, 6.45) is -0.286. The largest absolute Gasteiger partial charge is 0.504 e. The van der Waals surface area contributed by atoms with Crippen molar-refractivity contribution in [2.75, 3.05) is 6.61 Å². The van der Waals surface area contributed by atoms with Gasteiger partial charge in [0.05, 0.1) is 0 Å². The zero-order chi connectivity index (χ0) is 15.6. The number of ether oxygens (including phenoxy) is 1. The highest BCUT2D eigenvalue weighted by atomic mass is 16.5. The molecule has 2 rings (SSSR count). The van der Waals surface area contributed by atoms with Crippen LogP contribution in [-0.2, 0) is 4.74 Å². The third-order valence-electron chi connectivity index (χ3n) is 3.02. The van der Waals surface area contributed by atoms with Crippen LogP contribution in [0.25, 0.3) is 11.5 Å². The lowest BCUT2D eigenvalue weighted by Crippen LogP contribution is -2.22. The molecule has 0 fully saturated rings. The summed E-state index contributed by atoms with van der Waals surface area (Å²) < 4.78 is 10.9. The van der Waals surface area contributed by atoms with Gasteiger partial charge in [0.2, 0.25) is 5.82 Å². The highest BCUT2D eigenvalue weighted by Gasteiger charge is 2.31. The topological polar surface area (TPSA) is 88.6 Å². The van der Waals surface area contributed by atoms with E-state index in [-0.39, 0.29) is 28.9 Å². The summed E-state index contributed by atoms with van der Waals surface area (Å²) in [5.41, 5.74) is 0.363. The van der Waals surface area contributed by atoms with E-state index < -0.39 is 0 Å². The lowest BCUT2D eigenvalue weighted by atomic mass is 9.88. The number of aromatic nitrogens is 2. The van der Waals surface area contributed by atoms with Gasteiger partial charge >= 0.3 is 0 Å². The van der Waals surface area contributed by atoms with Crippen LogP contribution < -0.4 is 0 Å².